The predicted molar refractivity (Wildman–Crippen MR) is 86.2 cm³/mol. The summed E-state index contributed by atoms with van der Waals surface area (Å²) in [6.45, 7) is 1.78. The molecule has 0 fully saturated rings. The van der Waals surface area contributed by atoms with Crippen molar-refractivity contribution in [1.29, 1.82) is 0 Å². The molecule has 0 radical (unpaired) electrons. The Hall–Kier alpha value is -2.52. The summed E-state index contributed by atoms with van der Waals surface area (Å²) in [4.78, 5) is 8.77. The number of hydrogen-bond donors (Lipinski definition) is 1. The molecule has 2 N–H and O–H groups in total. The number of benzene rings is 1. The van der Waals surface area contributed by atoms with E-state index in [9.17, 15) is 8.42 Å². The van der Waals surface area contributed by atoms with E-state index in [-0.39, 0.29) is 4.90 Å². The molecule has 2 heterocycles. The van der Waals surface area contributed by atoms with Crippen LogP contribution in [0.25, 0.3) is 17.0 Å². The van der Waals surface area contributed by atoms with Crippen molar-refractivity contribution in [3.05, 3.63) is 36.2 Å². The van der Waals surface area contributed by atoms with Crippen LogP contribution < -0.4 is 5.73 Å². The molecule has 3 rings (SSSR count). The highest BCUT2D eigenvalue weighted by molar-refractivity contribution is 7.89. The molecule has 0 unspecified atom stereocenters. The minimum absolute atomic E-state index is 0.209. The summed E-state index contributed by atoms with van der Waals surface area (Å²) in [5, 5.41) is 4.29. The molecule has 3 aromatic rings. The Morgan fingerprint density at radius 1 is 1.13 bits per heavy atom. The Labute approximate surface area is 133 Å². The monoisotopic (exact) mass is 332 g/mol. The zero-order valence-electron chi connectivity index (χ0n) is 12.9. The SMILES string of the molecule is Cc1nc2cc(N)nc(-c3ccc(S(=O)(=O)N(C)C)cc3)n2n1. The molecule has 0 spiro atoms. The third-order valence-electron chi connectivity index (χ3n) is 3.34. The second-order valence-corrected chi connectivity index (χ2v) is 7.40. The van der Waals surface area contributed by atoms with E-state index in [4.69, 9.17) is 5.73 Å². The third kappa shape index (κ3) is 2.64. The molecule has 1 aromatic carbocycles. The van der Waals surface area contributed by atoms with Crippen molar-refractivity contribution >= 4 is 21.5 Å². The lowest BCUT2D eigenvalue weighted by Crippen LogP contribution is -2.22. The molecule has 0 saturated heterocycles. The number of anilines is 1. The van der Waals surface area contributed by atoms with Crippen LogP contribution in [0.1, 0.15) is 5.82 Å². The van der Waals surface area contributed by atoms with Crippen LogP contribution >= 0.6 is 0 Å². The molecule has 0 saturated carbocycles. The smallest absolute Gasteiger partial charge is 0.242 e. The number of sulfonamides is 1. The Bertz CT molecular complexity index is 976. The normalized spacial score (nSPS) is 12.2. The summed E-state index contributed by atoms with van der Waals surface area (Å²) in [6.07, 6.45) is 0. The van der Waals surface area contributed by atoms with Gasteiger partial charge in [0.05, 0.1) is 4.90 Å². The standard InChI is InChI=1S/C14H16N6O2S/c1-9-16-13-8-12(15)17-14(20(13)18-9)10-4-6-11(7-5-10)23(21,22)19(2)3/h4-8H,15H2,1-3H3. The second kappa shape index (κ2) is 5.28. The van der Waals surface area contributed by atoms with E-state index in [2.05, 4.69) is 15.1 Å². The van der Waals surface area contributed by atoms with Crippen molar-refractivity contribution in [3.8, 4) is 11.4 Å². The first kappa shape index (κ1) is 15.4. The van der Waals surface area contributed by atoms with Gasteiger partial charge >= 0.3 is 0 Å². The number of aromatic nitrogens is 4. The third-order valence-corrected chi connectivity index (χ3v) is 5.17. The van der Waals surface area contributed by atoms with Crippen LogP contribution in [0.3, 0.4) is 0 Å². The number of nitrogens with two attached hydrogens (primary N) is 1. The summed E-state index contributed by atoms with van der Waals surface area (Å²) in [5.41, 5.74) is 7.11. The van der Waals surface area contributed by atoms with E-state index in [1.165, 1.54) is 30.5 Å². The Kier molecular flexibility index (Phi) is 3.53. The van der Waals surface area contributed by atoms with E-state index in [0.717, 1.165) is 0 Å². The fourth-order valence-electron chi connectivity index (χ4n) is 2.19. The van der Waals surface area contributed by atoms with Gasteiger partial charge in [0.2, 0.25) is 10.0 Å². The number of hydrogen-bond acceptors (Lipinski definition) is 6. The molecule has 0 aliphatic heterocycles. The molecule has 0 aliphatic carbocycles. The summed E-state index contributed by atoms with van der Waals surface area (Å²) in [7, 11) is -0.488. The zero-order valence-corrected chi connectivity index (χ0v) is 13.7. The first-order valence-electron chi connectivity index (χ1n) is 6.82. The lowest BCUT2D eigenvalue weighted by molar-refractivity contribution is 0.521. The van der Waals surface area contributed by atoms with Crippen LogP contribution in [-0.2, 0) is 10.0 Å². The van der Waals surface area contributed by atoms with Gasteiger partial charge in [0.15, 0.2) is 11.5 Å². The van der Waals surface area contributed by atoms with Crippen molar-refractivity contribution in [2.75, 3.05) is 19.8 Å². The highest BCUT2D eigenvalue weighted by Crippen LogP contribution is 2.22. The van der Waals surface area contributed by atoms with Crippen LogP contribution in [0.2, 0.25) is 0 Å². The van der Waals surface area contributed by atoms with E-state index in [0.29, 0.717) is 28.7 Å². The fourth-order valence-corrected chi connectivity index (χ4v) is 3.09. The molecule has 2 aromatic heterocycles. The number of nitrogens with zero attached hydrogens (tertiary/aromatic N) is 5. The maximum Gasteiger partial charge on any atom is 0.242 e. The molecule has 0 aliphatic rings. The van der Waals surface area contributed by atoms with Gasteiger partial charge in [-0.05, 0) is 31.2 Å². The van der Waals surface area contributed by atoms with Gasteiger partial charge in [-0.2, -0.15) is 4.52 Å². The summed E-state index contributed by atoms with van der Waals surface area (Å²) >= 11 is 0. The summed E-state index contributed by atoms with van der Waals surface area (Å²) < 4.78 is 27.0. The van der Waals surface area contributed by atoms with Crippen LogP contribution in [0.15, 0.2) is 35.2 Å². The van der Waals surface area contributed by atoms with E-state index >= 15 is 0 Å². The highest BCUT2D eigenvalue weighted by Gasteiger charge is 2.17. The maximum atomic E-state index is 12.1. The van der Waals surface area contributed by atoms with Crippen molar-refractivity contribution in [3.63, 3.8) is 0 Å². The average Bonchev–Trinajstić information content (AvgIpc) is 2.86. The van der Waals surface area contributed by atoms with E-state index < -0.39 is 10.0 Å². The van der Waals surface area contributed by atoms with Gasteiger partial charge in [0, 0.05) is 25.7 Å². The highest BCUT2D eigenvalue weighted by atomic mass is 32.2. The van der Waals surface area contributed by atoms with Gasteiger partial charge in [-0.1, -0.05) is 0 Å². The van der Waals surface area contributed by atoms with Gasteiger partial charge < -0.3 is 5.73 Å². The fraction of sp³-hybridized carbons (Fsp3) is 0.214. The largest absolute Gasteiger partial charge is 0.384 e. The van der Waals surface area contributed by atoms with Crippen LogP contribution in [0, 0.1) is 6.92 Å². The Morgan fingerprint density at radius 2 is 1.78 bits per heavy atom. The van der Waals surface area contributed by atoms with Gasteiger partial charge in [-0.25, -0.2) is 22.7 Å². The molecular formula is C14H16N6O2S. The van der Waals surface area contributed by atoms with E-state index in [1.807, 2.05) is 0 Å². The zero-order chi connectivity index (χ0) is 16.8. The minimum Gasteiger partial charge on any atom is -0.384 e. The van der Waals surface area contributed by atoms with Crippen molar-refractivity contribution in [1.82, 2.24) is 23.9 Å². The summed E-state index contributed by atoms with van der Waals surface area (Å²) in [5.74, 6) is 1.43. The van der Waals surface area contributed by atoms with Crippen LogP contribution in [0.5, 0.6) is 0 Å². The van der Waals surface area contributed by atoms with Crippen molar-refractivity contribution in [2.24, 2.45) is 0 Å². The lowest BCUT2D eigenvalue weighted by atomic mass is 10.2. The first-order valence-corrected chi connectivity index (χ1v) is 8.26. The molecule has 0 amide bonds. The average molecular weight is 332 g/mol. The van der Waals surface area contributed by atoms with Gasteiger partial charge in [0.25, 0.3) is 0 Å². The predicted octanol–water partition coefficient (Wildman–Crippen LogP) is 0.932. The first-order chi connectivity index (χ1) is 10.8. The van der Waals surface area contributed by atoms with Crippen molar-refractivity contribution < 1.29 is 8.42 Å². The number of aryl methyl sites for hydroxylation is 1. The molecular weight excluding hydrogens is 316 g/mol. The van der Waals surface area contributed by atoms with Crippen molar-refractivity contribution in [2.45, 2.75) is 11.8 Å². The molecule has 23 heavy (non-hydrogen) atoms. The number of nitrogen functional groups attached to an aromatic ring is 1. The number of rotatable bonds is 3. The Morgan fingerprint density at radius 3 is 2.39 bits per heavy atom. The topological polar surface area (TPSA) is 106 Å². The summed E-state index contributed by atoms with van der Waals surface area (Å²) in [6, 6.07) is 8.05. The van der Waals surface area contributed by atoms with Gasteiger partial charge in [-0.15, -0.1) is 5.10 Å². The van der Waals surface area contributed by atoms with Crippen LogP contribution in [0.4, 0.5) is 5.82 Å². The minimum atomic E-state index is -3.47. The van der Waals surface area contributed by atoms with Gasteiger partial charge in [0.1, 0.15) is 11.6 Å². The number of fused-ring (bicyclic) bond motifs is 1. The van der Waals surface area contributed by atoms with E-state index in [1.54, 1.807) is 29.6 Å². The maximum absolute atomic E-state index is 12.1. The molecule has 120 valence electrons. The van der Waals surface area contributed by atoms with Gasteiger partial charge in [-0.3, -0.25) is 0 Å². The lowest BCUT2D eigenvalue weighted by Gasteiger charge is -2.11. The molecule has 8 nitrogen and oxygen atoms in total. The second-order valence-electron chi connectivity index (χ2n) is 5.25. The quantitative estimate of drug-likeness (QED) is 0.765. The molecule has 0 atom stereocenters. The van der Waals surface area contributed by atoms with Crippen LogP contribution in [-0.4, -0.2) is 46.4 Å². The Balaban J connectivity index is 2.13. The molecule has 0 bridgehead atoms. The molecule has 9 heteroatoms.